The Bertz CT molecular complexity index is 1470. The molecule has 8 N–H and O–H groups in total. The minimum absolute atomic E-state index is 0.0449. The van der Waals surface area contributed by atoms with Gasteiger partial charge in [-0.05, 0) is 47.2 Å². The zero-order valence-electron chi connectivity index (χ0n) is 21.6. The smallest absolute Gasteiger partial charge is 0.261 e. The van der Waals surface area contributed by atoms with Gasteiger partial charge in [0.25, 0.3) is 20.2 Å². The van der Waals surface area contributed by atoms with Crippen LogP contribution in [0.1, 0.15) is 54.4 Å². The second kappa shape index (κ2) is 12.0. The van der Waals surface area contributed by atoms with E-state index in [2.05, 4.69) is 58.8 Å². The molecule has 0 spiro atoms. The van der Waals surface area contributed by atoms with E-state index in [-0.39, 0.29) is 5.41 Å². The highest BCUT2D eigenvalue weighted by atomic mass is 32.2. The minimum Gasteiger partial charge on any atom is -0.361 e. The molecule has 38 heavy (non-hydrogen) atoms. The van der Waals surface area contributed by atoms with Gasteiger partial charge in [-0.15, -0.1) is 0 Å². The lowest BCUT2D eigenvalue weighted by Crippen LogP contribution is -2.30. The summed E-state index contributed by atoms with van der Waals surface area (Å²) in [6.45, 7) is 1.14. The van der Waals surface area contributed by atoms with Crippen molar-refractivity contribution in [1.29, 1.82) is 0 Å². The number of aromatic amines is 2. The fraction of sp³-hybridized carbons (Fsp3) is 0.385. The summed E-state index contributed by atoms with van der Waals surface area (Å²) in [7, 11) is -7.33. The van der Waals surface area contributed by atoms with Crippen molar-refractivity contribution in [1.82, 2.24) is 9.97 Å². The molecule has 5 rings (SSSR count). The Labute approximate surface area is 223 Å². The van der Waals surface area contributed by atoms with Crippen LogP contribution < -0.4 is 11.5 Å². The largest absolute Gasteiger partial charge is 0.361 e. The Morgan fingerprint density at radius 1 is 0.737 bits per heavy atom. The summed E-state index contributed by atoms with van der Waals surface area (Å²) in [6, 6.07) is 13.2. The average molecular weight is 565 g/mol. The molecule has 0 saturated heterocycles. The maximum absolute atomic E-state index is 9.19. The first kappa shape index (κ1) is 29.8. The number of aromatic nitrogens is 2. The maximum atomic E-state index is 9.19. The molecule has 0 bridgehead atoms. The van der Waals surface area contributed by atoms with Crippen molar-refractivity contribution in [2.75, 3.05) is 12.5 Å². The van der Waals surface area contributed by atoms with E-state index in [0.29, 0.717) is 25.6 Å². The molecule has 12 heteroatoms. The van der Waals surface area contributed by atoms with Crippen molar-refractivity contribution in [3.63, 3.8) is 0 Å². The molecular formula is C26H36N4O6S2. The first-order valence-corrected chi connectivity index (χ1v) is 15.9. The summed E-state index contributed by atoms with van der Waals surface area (Å²) in [4.78, 5) is 7.06. The Kier molecular flexibility index (Phi) is 9.39. The zero-order valence-corrected chi connectivity index (χ0v) is 23.2. The van der Waals surface area contributed by atoms with Crippen LogP contribution in [-0.4, -0.2) is 48.4 Å². The zero-order chi connectivity index (χ0) is 28.1. The van der Waals surface area contributed by atoms with Crippen LogP contribution in [-0.2, 0) is 38.7 Å². The number of rotatable bonds is 4. The third-order valence-corrected chi connectivity index (χ3v) is 6.70. The number of hydrogen-bond acceptors (Lipinski definition) is 6. The van der Waals surface area contributed by atoms with Crippen LogP contribution >= 0.6 is 0 Å². The van der Waals surface area contributed by atoms with Crippen molar-refractivity contribution < 1.29 is 25.9 Å². The van der Waals surface area contributed by atoms with Crippen LogP contribution in [0.15, 0.2) is 48.8 Å². The van der Waals surface area contributed by atoms with Crippen LogP contribution in [0, 0.1) is 0 Å². The quantitative estimate of drug-likeness (QED) is 0.201. The molecule has 4 aromatic rings. The molecule has 2 aromatic carbocycles. The van der Waals surface area contributed by atoms with Gasteiger partial charge in [0.2, 0.25) is 0 Å². The van der Waals surface area contributed by atoms with E-state index >= 15 is 0 Å². The van der Waals surface area contributed by atoms with Crippen LogP contribution in [0.25, 0.3) is 21.8 Å². The van der Waals surface area contributed by atoms with Gasteiger partial charge < -0.3 is 21.4 Å². The average Bonchev–Trinajstić information content (AvgIpc) is 3.46. The lowest BCUT2D eigenvalue weighted by atomic mass is 9.65. The molecule has 2 aromatic heterocycles. The van der Waals surface area contributed by atoms with Crippen LogP contribution in [0.3, 0.4) is 0 Å². The van der Waals surface area contributed by atoms with Crippen molar-refractivity contribution in [3.05, 3.63) is 71.0 Å². The summed E-state index contributed by atoms with van der Waals surface area (Å²) in [6.07, 6.45) is 12.1. The first-order chi connectivity index (χ1) is 17.7. The SMILES string of the molecule is CS(=O)(=O)O.CS(=O)(=O)O.NCc1ccc2c(C3(c4c[nH]c5cc(CN)ccc45)CCCCC3)c[nH]c2c1. The molecule has 0 unspecified atom stereocenters. The van der Waals surface area contributed by atoms with Crippen molar-refractivity contribution in [2.45, 2.75) is 50.6 Å². The predicted octanol–water partition coefficient (Wildman–Crippen LogP) is 3.82. The van der Waals surface area contributed by atoms with Crippen molar-refractivity contribution in [2.24, 2.45) is 11.5 Å². The summed E-state index contributed by atoms with van der Waals surface area (Å²) >= 11 is 0. The van der Waals surface area contributed by atoms with E-state index in [0.717, 1.165) is 0 Å². The third-order valence-electron chi connectivity index (χ3n) is 6.70. The van der Waals surface area contributed by atoms with Crippen molar-refractivity contribution in [3.8, 4) is 0 Å². The molecule has 0 aliphatic heterocycles. The molecule has 0 atom stereocenters. The Morgan fingerprint density at radius 2 is 1.11 bits per heavy atom. The van der Waals surface area contributed by atoms with Gasteiger partial charge in [0.1, 0.15) is 0 Å². The van der Waals surface area contributed by atoms with Crippen molar-refractivity contribution >= 4 is 42.0 Å². The number of nitrogens with one attached hydrogen (secondary N) is 2. The van der Waals surface area contributed by atoms with Crippen LogP contribution in [0.4, 0.5) is 0 Å². The molecule has 0 radical (unpaired) electrons. The Morgan fingerprint density at radius 3 is 1.45 bits per heavy atom. The Hall–Kier alpha value is -2.74. The van der Waals surface area contributed by atoms with Gasteiger partial charge in [-0.3, -0.25) is 9.11 Å². The second-order valence-corrected chi connectivity index (χ2v) is 12.6. The molecule has 1 aliphatic rings. The summed E-state index contributed by atoms with van der Waals surface area (Å²) in [5, 5.41) is 2.65. The molecule has 1 aliphatic carbocycles. The Balaban J connectivity index is 0.000000344. The van der Waals surface area contributed by atoms with Gasteiger partial charge >= 0.3 is 0 Å². The summed E-state index contributed by atoms with van der Waals surface area (Å²) in [5.74, 6) is 0. The number of H-pyrrole nitrogens is 2. The fourth-order valence-corrected chi connectivity index (χ4v) is 5.23. The van der Waals surface area contributed by atoms with E-state index in [1.165, 1.54) is 76.2 Å². The monoisotopic (exact) mass is 564 g/mol. The number of nitrogens with two attached hydrogens (primary N) is 2. The topological polar surface area (TPSA) is 192 Å². The van der Waals surface area contributed by atoms with Gasteiger partial charge in [-0.25, -0.2) is 0 Å². The van der Waals surface area contributed by atoms with E-state index < -0.39 is 20.2 Å². The van der Waals surface area contributed by atoms with E-state index in [4.69, 9.17) is 20.6 Å². The van der Waals surface area contributed by atoms with Crippen LogP contribution in [0.2, 0.25) is 0 Å². The fourth-order valence-electron chi connectivity index (χ4n) is 5.23. The molecule has 0 amide bonds. The highest BCUT2D eigenvalue weighted by molar-refractivity contribution is 7.85. The van der Waals surface area contributed by atoms with Gasteiger partial charge in [-0.1, -0.05) is 43.5 Å². The first-order valence-electron chi connectivity index (χ1n) is 12.2. The lowest BCUT2D eigenvalue weighted by molar-refractivity contribution is 0.350. The highest BCUT2D eigenvalue weighted by Crippen LogP contribution is 2.49. The molecule has 2 heterocycles. The third kappa shape index (κ3) is 7.65. The van der Waals surface area contributed by atoms with E-state index in [9.17, 15) is 16.8 Å². The van der Waals surface area contributed by atoms with Gasteiger partial charge in [0.05, 0.1) is 12.5 Å². The van der Waals surface area contributed by atoms with Gasteiger partial charge in [0, 0.05) is 52.7 Å². The second-order valence-electron chi connectivity index (χ2n) is 9.68. The predicted molar refractivity (Wildman–Crippen MR) is 151 cm³/mol. The number of hydrogen-bond donors (Lipinski definition) is 6. The standard InChI is InChI=1S/C24H28N4.2CH4O3S/c25-12-16-4-6-18-20(14-27-22(18)10-16)24(8-2-1-3-9-24)21-15-28-23-11-17(13-26)5-7-19(21)23;2*1-5(2,3)4/h4-7,10-11,14-15,27-28H,1-3,8-9,12-13,25-26H2;2*1H3,(H,2,3,4). The van der Waals surface area contributed by atoms with Gasteiger partial charge in [0.15, 0.2) is 0 Å². The van der Waals surface area contributed by atoms with E-state index in [1.807, 2.05) is 0 Å². The lowest BCUT2D eigenvalue weighted by Gasteiger charge is -2.37. The summed E-state index contributed by atoms with van der Waals surface area (Å²) in [5.41, 5.74) is 19.3. The normalized spacial score (nSPS) is 15.4. The number of fused-ring (bicyclic) bond motifs is 2. The van der Waals surface area contributed by atoms with E-state index in [1.54, 1.807) is 0 Å². The maximum Gasteiger partial charge on any atom is 0.261 e. The van der Waals surface area contributed by atoms with Crippen LogP contribution in [0.5, 0.6) is 0 Å². The van der Waals surface area contributed by atoms with Gasteiger partial charge in [-0.2, -0.15) is 16.8 Å². The number of benzene rings is 2. The molecule has 1 saturated carbocycles. The molecule has 10 nitrogen and oxygen atoms in total. The summed E-state index contributed by atoms with van der Waals surface area (Å²) < 4.78 is 51.7. The minimum atomic E-state index is -3.67. The molecule has 1 fully saturated rings. The molecular weight excluding hydrogens is 528 g/mol. The molecule has 208 valence electrons. The highest BCUT2D eigenvalue weighted by Gasteiger charge is 2.39.